The van der Waals surface area contributed by atoms with E-state index < -0.39 is 0 Å². The van der Waals surface area contributed by atoms with Gasteiger partial charge in [-0.2, -0.15) is 5.10 Å². The number of hydrogen-bond acceptors (Lipinski definition) is 6. The molecule has 0 bridgehead atoms. The molecule has 1 N–H and O–H groups in total. The van der Waals surface area contributed by atoms with Crippen molar-refractivity contribution in [3.05, 3.63) is 71.6 Å². The zero-order valence-electron chi connectivity index (χ0n) is 13.5. The molecule has 0 aliphatic heterocycles. The van der Waals surface area contributed by atoms with E-state index in [0.717, 1.165) is 27.0 Å². The van der Waals surface area contributed by atoms with Crippen LogP contribution in [0.4, 0.5) is 5.82 Å². The highest BCUT2D eigenvalue weighted by molar-refractivity contribution is 7.17. The molecule has 0 saturated heterocycles. The van der Waals surface area contributed by atoms with Crippen molar-refractivity contribution in [1.82, 2.24) is 15.0 Å². The summed E-state index contributed by atoms with van der Waals surface area (Å²) in [5.41, 5.74) is 7.29. The molecule has 0 radical (unpaired) electrons. The van der Waals surface area contributed by atoms with Crippen LogP contribution in [-0.2, 0) is 0 Å². The van der Waals surface area contributed by atoms with E-state index in [4.69, 9.17) is 0 Å². The van der Waals surface area contributed by atoms with Crippen LogP contribution in [0, 0.1) is 6.92 Å². The molecule has 0 aliphatic rings. The smallest absolute Gasteiger partial charge is 0.159 e. The quantitative estimate of drug-likeness (QED) is 0.437. The van der Waals surface area contributed by atoms with Crippen molar-refractivity contribution >= 4 is 33.6 Å². The second-order valence-corrected chi connectivity index (χ2v) is 6.40. The maximum absolute atomic E-state index is 4.38. The van der Waals surface area contributed by atoms with Gasteiger partial charge < -0.3 is 0 Å². The fourth-order valence-electron chi connectivity index (χ4n) is 2.52. The first kappa shape index (κ1) is 15.4. The van der Waals surface area contributed by atoms with Gasteiger partial charge in [-0.05, 0) is 24.6 Å². The van der Waals surface area contributed by atoms with Gasteiger partial charge in [0.05, 0.1) is 17.3 Å². The van der Waals surface area contributed by atoms with E-state index in [1.54, 1.807) is 30.1 Å². The van der Waals surface area contributed by atoms with Crippen LogP contribution in [0.5, 0.6) is 0 Å². The standard InChI is InChI=1S/C19H15N5S/c1-13-5-7-14(8-6-13)16-11-25-19-17(16)18(21-12-22-19)24-23-10-15-4-2-3-9-20-15/h2-12H,1H3,(H,21,22,24)/b23-10-. The number of hydrogen-bond donors (Lipinski definition) is 1. The molecule has 0 unspecified atom stereocenters. The molecule has 4 aromatic rings. The zero-order chi connectivity index (χ0) is 17.1. The lowest BCUT2D eigenvalue weighted by molar-refractivity contribution is 1.19. The molecule has 1 aromatic carbocycles. The minimum atomic E-state index is 0.689. The van der Waals surface area contributed by atoms with Crippen molar-refractivity contribution in [2.24, 2.45) is 5.10 Å². The third kappa shape index (κ3) is 3.25. The number of benzene rings is 1. The lowest BCUT2D eigenvalue weighted by Gasteiger charge is -2.05. The maximum Gasteiger partial charge on any atom is 0.159 e. The molecular weight excluding hydrogens is 330 g/mol. The van der Waals surface area contributed by atoms with Crippen LogP contribution in [0.3, 0.4) is 0 Å². The first-order valence-corrected chi connectivity index (χ1v) is 8.68. The normalized spacial score (nSPS) is 11.2. The summed E-state index contributed by atoms with van der Waals surface area (Å²) in [6.07, 6.45) is 4.96. The van der Waals surface area contributed by atoms with Gasteiger partial charge in [0.2, 0.25) is 0 Å². The van der Waals surface area contributed by atoms with Crippen LogP contribution in [0.1, 0.15) is 11.3 Å². The summed E-state index contributed by atoms with van der Waals surface area (Å²) >= 11 is 1.60. The van der Waals surface area contributed by atoms with Crippen molar-refractivity contribution in [2.45, 2.75) is 6.92 Å². The molecule has 122 valence electrons. The van der Waals surface area contributed by atoms with E-state index in [1.807, 2.05) is 18.2 Å². The molecule has 0 saturated carbocycles. The molecule has 0 spiro atoms. The lowest BCUT2D eigenvalue weighted by Crippen LogP contribution is -1.96. The second kappa shape index (κ2) is 6.78. The Morgan fingerprint density at radius 1 is 1.04 bits per heavy atom. The largest absolute Gasteiger partial charge is 0.261 e. The number of fused-ring (bicyclic) bond motifs is 1. The summed E-state index contributed by atoms with van der Waals surface area (Å²) < 4.78 is 0. The third-order valence-corrected chi connectivity index (χ3v) is 4.67. The molecule has 3 heterocycles. The lowest BCUT2D eigenvalue weighted by atomic mass is 10.0. The van der Waals surface area contributed by atoms with Crippen LogP contribution < -0.4 is 5.43 Å². The highest BCUT2D eigenvalue weighted by Crippen LogP contribution is 2.36. The first-order chi connectivity index (χ1) is 12.3. The SMILES string of the molecule is Cc1ccc(-c2csc3ncnc(N/N=C\c4ccccn4)c23)cc1. The fourth-order valence-corrected chi connectivity index (χ4v) is 3.43. The molecule has 3 aromatic heterocycles. The molecule has 6 heteroatoms. The zero-order valence-corrected chi connectivity index (χ0v) is 14.4. The molecule has 25 heavy (non-hydrogen) atoms. The Kier molecular flexibility index (Phi) is 4.18. The van der Waals surface area contributed by atoms with Crippen LogP contribution in [-0.4, -0.2) is 21.2 Å². The molecule has 0 fully saturated rings. The van der Waals surface area contributed by atoms with E-state index in [9.17, 15) is 0 Å². The van der Waals surface area contributed by atoms with E-state index in [0.29, 0.717) is 5.82 Å². The van der Waals surface area contributed by atoms with Crippen LogP contribution in [0.2, 0.25) is 0 Å². The number of rotatable bonds is 4. The highest BCUT2D eigenvalue weighted by Gasteiger charge is 2.12. The van der Waals surface area contributed by atoms with Crippen LogP contribution in [0.15, 0.2) is 65.5 Å². The van der Waals surface area contributed by atoms with Crippen molar-refractivity contribution in [3.8, 4) is 11.1 Å². The Bertz CT molecular complexity index is 1020. The monoisotopic (exact) mass is 345 g/mol. The fraction of sp³-hybridized carbons (Fsp3) is 0.0526. The van der Waals surface area contributed by atoms with Gasteiger partial charge in [0.15, 0.2) is 5.82 Å². The highest BCUT2D eigenvalue weighted by atomic mass is 32.1. The van der Waals surface area contributed by atoms with Gasteiger partial charge in [0.25, 0.3) is 0 Å². The number of nitrogens with one attached hydrogen (secondary N) is 1. The van der Waals surface area contributed by atoms with Gasteiger partial charge in [0, 0.05) is 17.1 Å². The van der Waals surface area contributed by atoms with E-state index in [1.165, 1.54) is 5.56 Å². The average molecular weight is 345 g/mol. The van der Waals surface area contributed by atoms with Gasteiger partial charge >= 0.3 is 0 Å². The van der Waals surface area contributed by atoms with Crippen LogP contribution in [0.25, 0.3) is 21.3 Å². The van der Waals surface area contributed by atoms with Crippen molar-refractivity contribution in [2.75, 3.05) is 5.43 Å². The number of thiophene rings is 1. The predicted octanol–water partition coefficient (Wildman–Crippen LogP) is 4.51. The average Bonchev–Trinajstić information content (AvgIpc) is 3.08. The Balaban J connectivity index is 1.70. The van der Waals surface area contributed by atoms with Crippen molar-refractivity contribution in [1.29, 1.82) is 0 Å². The van der Waals surface area contributed by atoms with Gasteiger partial charge in [0.1, 0.15) is 11.2 Å². The van der Waals surface area contributed by atoms with E-state index in [2.05, 4.69) is 62.0 Å². The van der Waals surface area contributed by atoms with Gasteiger partial charge in [-0.15, -0.1) is 11.3 Å². The number of nitrogens with zero attached hydrogens (tertiary/aromatic N) is 4. The van der Waals surface area contributed by atoms with Crippen molar-refractivity contribution in [3.63, 3.8) is 0 Å². The summed E-state index contributed by atoms with van der Waals surface area (Å²) in [7, 11) is 0. The number of hydrazone groups is 1. The summed E-state index contributed by atoms with van der Waals surface area (Å²) in [5.74, 6) is 0.689. The summed E-state index contributed by atoms with van der Waals surface area (Å²) in [6.45, 7) is 2.08. The van der Waals surface area contributed by atoms with Gasteiger partial charge in [-0.25, -0.2) is 9.97 Å². The molecular formula is C19H15N5S. The summed E-state index contributed by atoms with van der Waals surface area (Å²) in [5, 5.41) is 7.36. The van der Waals surface area contributed by atoms with Crippen molar-refractivity contribution < 1.29 is 0 Å². The minimum absolute atomic E-state index is 0.689. The molecule has 0 aliphatic carbocycles. The molecule has 0 atom stereocenters. The topological polar surface area (TPSA) is 63.1 Å². The van der Waals surface area contributed by atoms with Gasteiger partial charge in [-0.1, -0.05) is 35.9 Å². The molecule has 5 nitrogen and oxygen atoms in total. The Labute approximate surface area is 149 Å². The first-order valence-electron chi connectivity index (χ1n) is 7.80. The summed E-state index contributed by atoms with van der Waals surface area (Å²) in [4.78, 5) is 13.9. The molecule has 4 rings (SSSR count). The molecule has 0 amide bonds. The number of pyridine rings is 1. The second-order valence-electron chi connectivity index (χ2n) is 5.54. The Morgan fingerprint density at radius 3 is 2.72 bits per heavy atom. The third-order valence-electron chi connectivity index (χ3n) is 3.79. The Morgan fingerprint density at radius 2 is 1.92 bits per heavy atom. The number of anilines is 1. The van der Waals surface area contributed by atoms with Gasteiger partial charge in [-0.3, -0.25) is 10.4 Å². The minimum Gasteiger partial charge on any atom is -0.261 e. The maximum atomic E-state index is 4.38. The van der Waals surface area contributed by atoms with E-state index in [-0.39, 0.29) is 0 Å². The predicted molar refractivity (Wildman–Crippen MR) is 103 cm³/mol. The Hall–Kier alpha value is -3.12. The van der Waals surface area contributed by atoms with Crippen LogP contribution >= 0.6 is 11.3 Å². The number of aromatic nitrogens is 3. The number of aryl methyl sites for hydroxylation is 1. The summed E-state index contributed by atoms with van der Waals surface area (Å²) in [6, 6.07) is 14.1. The van der Waals surface area contributed by atoms with E-state index >= 15 is 0 Å².